The van der Waals surface area contributed by atoms with Crippen LogP contribution in [0.2, 0.25) is 0 Å². The number of hydrogen-bond donors (Lipinski definition) is 1. The molecule has 3 aromatic carbocycles. The first-order valence-electron chi connectivity index (χ1n) is 9.88. The number of rotatable bonds is 6. The van der Waals surface area contributed by atoms with Gasteiger partial charge in [0.15, 0.2) is 0 Å². The van der Waals surface area contributed by atoms with E-state index in [1.165, 1.54) is 18.2 Å². The van der Waals surface area contributed by atoms with Crippen LogP contribution in [-0.2, 0) is 4.79 Å². The molecule has 5 nitrogen and oxygen atoms in total. The van der Waals surface area contributed by atoms with Crippen molar-refractivity contribution in [1.29, 1.82) is 0 Å². The van der Waals surface area contributed by atoms with E-state index in [1.54, 1.807) is 34.9 Å². The molecule has 1 atom stereocenters. The molecule has 0 radical (unpaired) electrons. The monoisotopic (exact) mass is 436 g/mol. The molecule has 158 valence electrons. The van der Waals surface area contributed by atoms with Crippen molar-refractivity contribution in [2.24, 2.45) is 0 Å². The zero-order valence-corrected chi connectivity index (χ0v) is 17.7. The van der Waals surface area contributed by atoms with E-state index >= 15 is 0 Å². The maximum Gasteiger partial charge on any atom is 0.255 e. The van der Waals surface area contributed by atoms with E-state index in [2.05, 4.69) is 5.32 Å². The number of thioether (sulfide) groups is 1. The normalized spacial score (nSPS) is 15.7. The summed E-state index contributed by atoms with van der Waals surface area (Å²) >= 11 is 1.56. The summed E-state index contributed by atoms with van der Waals surface area (Å²) in [6, 6.07) is 20.4. The van der Waals surface area contributed by atoms with Gasteiger partial charge < -0.3 is 10.1 Å². The van der Waals surface area contributed by atoms with Crippen molar-refractivity contribution in [2.45, 2.75) is 12.3 Å². The molecule has 4 rings (SSSR count). The molecule has 1 heterocycles. The van der Waals surface area contributed by atoms with Gasteiger partial charge in [-0.05, 0) is 67.1 Å². The summed E-state index contributed by atoms with van der Waals surface area (Å²) in [6.07, 6.45) is 0. The summed E-state index contributed by atoms with van der Waals surface area (Å²) < 4.78 is 18.8. The van der Waals surface area contributed by atoms with E-state index < -0.39 is 5.82 Å². The first kappa shape index (κ1) is 20.9. The number of ether oxygens (including phenoxy) is 1. The zero-order valence-electron chi connectivity index (χ0n) is 16.9. The number of nitrogens with zero attached hydrogens (tertiary/aromatic N) is 1. The highest BCUT2D eigenvalue weighted by Gasteiger charge is 2.34. The highest BCUT2D eigenvalue weighted by Crippen LogP contribution is 2.42. The molecule has 0 unspecified atom stereocenters. The second-order valence-corrected chi connectivity index (χ2v) is 8.01. The van der Waals surface area contributed by atoms with E-state index in [0.717, 1.165) is 17.0 Å². The minimum Gasteiger partial charge on any atom is -0.494 e. The molecule has 0 aromatic heterocycles. The van der Waals surface area contributed by atoms with Crippen molar-refractivity contribution in [3.8, 4) is 5.75 Å². The van der Waals surface area contributed by atoms with Gasteiger partial charge in [0.1, 0.15) is 16.9 Å². The fraction of sp³-hybridized carbons (Fsp3) is 0.167. The summed E-state index contributed by atoms with van der Waals surface area (Å²) in [6.45, 7) is 2.51. The average molecular weight is 437 g/mol. The second kappa shape index (κ2) is 9.22. The van der Waals surface area contributed by atoms with Crippen LogP contribution in [0.5, 0.6) is 5.75 Å². The fourth-order valence-electron chi connectivity index (χ4n) is 3.38. The first-order valence-corrected chi connectivity index (χ1v) is 10.9. The summed E-state index contributed by atoms with van der Waals surface area (Å²) in [4.78, 5) is 26.6. The molecule has 0 bridgehead atoms. The minimum atomic E-state index is -0.458. The highest BCUT2D eigenvalue weighted by atomic mass is 32.2. The lowest BCUT2D eigenvalue weighted by Gasteiger charge is -2.24. The van der Waals surface area contributed by atoms with Gasteiger partial charge in [-0.2, -0.15) is 0 Å². The van der Waals surface area contributed by atoms with Gasteiger partial charge in [0.05, 0.1) is 12.4 Å². The molecule has 1 N–H and O–H groups in total. The quantitative estimate of drug-likeness (QED) is 0.573. The number of carbonyl (C=O) groups is 2. The first-order chi connectivity index (χ1) is 15.0. The number of halogens is 1. The number of anilines is 2. The molecule has 1 saturated heterocycles. The third-order valence-electron chi connectivity index (χ3n) is 4.83. The molecule has 0 saturated carbocycles. The van der Waals surface area contributed by atoms with Crippen LogP contribution in [-0.4, -0.2) is 24.2 Å². The van der Waals surface area contributed by atoms with Gasteiger partial charge >= 0.3 is 0 Å². The molecule has 1 aliphatic heterocycles. The zero-order chi connectivity index (χ0) is 21.8. The lowest BCUT2D eigenvalue weighted by Crippen LogP contribution is -2.27. The topological polar surface area (TPSA) is 58.6 Å². The van der Waals surface area contributed by atoms with E-state index in [-0.39, 0.29) is 22.8 Å². The number of amides is 2. The highest BCUT2D eigenvalue weighted by molar-refractivity contribution is 8.00. The van der Waals surface area contributed by atoms with Crippen molar-refractivity contribution in [2.75, 3.05) is 22.6 Å². The van der Waals surface area contributed by atoms with Crippen LogP contribution < -0.4 is 15.0 Å². The van der Waals surface area contributed by atoms with Gasteiger partial charge in [0.2, 0.25) is 5.91 Å². The Morgan fingerprint density at radius 2 is 1.87 bits per heavy atom. The van der Waals surface area contributed by atoms with Crippen LogP contribution in [0.25, 0.3) is 0 Å². The SMILES string of the molecule is CCOc1ccc(N2C(=O)CS[C@H]2c2ccc(NC(=O)c3cccc(F)c3)cc2)cc1. The van der Waals surface area contributed by atoms with Crippen LogP contribution in [0.15, 0.2) is 72.8 Å². The minimum absolute atomic E-state index is 0.0441. The van der Waals surface area contributed by atoms with Gasteiger partial charge in [-0.15, -0.1) is 11.8 Å². The Morgan fingerprint density at radius 3 is 2.55 bits per heavy atom. The second-order valence-electron chi connectivity index (χ2n) is 6.94. The molecule has 31 heavy (non-hydrogen) atoms. The Hall–Kier alpha value is -3.32. The van der Waals surface area contributed by atoms with Crippen LogP contribution in [0.1, 0.15) is 28.2 Å². The number of carbonyl (C=O) groups excluding carboxylic acids is 2. The van der Waals surface area contributed by atoms with Crippen molar-refractivity contribution < 1.29 is 18.7 Å². The third kappa shape index (κ3) is 4.72. The number of hydrogen-bond acceptors (Lipinski definition) is 4. The third-order valence-corrected chi connectivity index (χ3v) is 6.05. The van der Waals surface area contributed by atoms with E-state index in [1.807, 2.05) is 43.3 Å². The number of benzene rings is 3. The molecular formula is C24H21FN2O3S. The molecule has 0 aliphatic carbocycles. The van der Waals surface area contributed by atoms with Gasteiger partial charge in [-0.25, -0.2) is 4.39 Å². The maximum absolute atomic E-state index is 13.3. The number of nitrogens with one attached hydrogen (secondary N) is 1. The Kier molecular flexibility index (Phi) is 6.23. The lowest BCUT2D eigenvalue weighted by atomic mass is 10.1. The fourth-order valence-corrected chi connectivity index (χ4v) is 4.56. The maximum atomic E-state index is 13.3. The molecule has 7 heteroatoms. The smallest absolute Gasteiger partial charge is 0.255 e. The van der Waals surface area contributed by atoms with Gasteiger partial charge in [0.25, 0.3) is 5.91 Å². The predicted molar refractivity (Wildman–Crippen MR) is 121 cm³/mol. The Bertz CT molecular complexity index is 1090. The van der Waals surface area contributed by atoms with Crippen molar-refractivity contribution in [1.82, 2.24) is 0 Å². The van der Waals surface area contributed by atoms with Crippen LogP contribution >= 0.6 is 11.8 Å². The molecule has 2 amide bonds. The summed E-state index contributed by atoms with van der Waals surface area (Å²) in [5.74, 6) is 0.368. The van der Waals surface area contributed by atoms with Crippen molar-refractivity contribution in [3.63, 3.8) is 0 Å². The largest absolute Gasteiger partial charge is 0.494 e. The van der Waals surface area contributed by atoms with Gasteiger partial charge in [-0.3, -0.25) is 14.5 Å². The summed E-state index contributed by atoms with van der Waals surface area (Å²) in [5.41, 5.74) is 2.61. The van der Waals surface area contributed by atoms with E-state index in [0.29, 0.717) is 18.0 Å². The van der Waals surface area contributed by atoms with E-state index in [4.69, 9.17) is 4.74 Å². The molecule has 1 aliphatic rings. The van der Waals surface area contributed by atoms with Gasteiger partial charge in [0, 0.05) is 16.9 Å². The van der Waals surface area contributed by atoms with Crippen molar-refractivity contribution in [3.05, 3.63) is 89.7 Å². The molecular weight excluding hydrogens is 415 g/mol. The molecule has 3 aromatic rings. The Labute approximate surface area is 184 Å². The van der Waals surface area contributed by atoms with Gasteiger partial charge in [-0.1, -0.05) is 18.2 Å². The van der Waals surface area contributed by atoms with E-state index in [9.17, 15) is 14.0 Å². The standard InChI is InChI=1S/C24H21FN2O3S/c1-2-30-21-12-10-20(11-13-21)27-22(28)15-31-24(27)16-6-8-19(9-7-16)26-23(29)17-4-3-5-18(25)14-17/h3-14,24H,2,15H2,1H3,(H,26,29)/t24-/m0/s1. The molecule has 0 spiro atoms. The average Bonchev–Trinajstić information content (AvgIpc) is 3.16. The summed E-state index contributed by atoms with van der Waals surface area (Å²) in [5, 5.41) is 2.61. The Morgan fingerprint density at radius 1 is 1.13 bits per heavy atom. The van der Waals surface area contributed by atoms with Crippen LogP contribution in [0.3, 0.4) is 0 Å². The van der Waals surface area contributed by atoms with Crippen LogP contribution in [0, 0.1) is 5.82 Å². The lowest BCUT2D eigenvalue weighted by molar-refractivity contribution is -0.115. The van der Waals surface area contributed by atoms with Crippen molar-refractivity contribution >= 4 is 35.0 Å². The van der Waals surface area contributed by atoms with Crippen LogP contribution in [0.4, 0.5) is 15.8 Å². The Balaban J connectivity index is 1.49. The summed E-state index contributed by atoms with van der Waals surface area (Å²) in [7, 11) is 0. The molecule has 1 fully saturated rings. The predicted octanol–water partition coefficient (Wildman–Crippen LogP) is 5.26.